The van der Waals surface area contributed by atoms with Gasteiger partial charge in [0.1, 0.15) is 0 Å². The molecule has 1 aromatic heterocycles. The van der Waals surface area contributed by atoms with Crippen LogP contribution in [-0.2, 0) is 6.54 Å². The van der Waals surface area contributed by atoms with Crippen LogP contribution in [0.4, 0.5) is 10.5 Å². The summed E-state index contributed by atoms with van der Waals surface area (Å²) < 4.78 is 0. The van der Waals surface area contributed by atoms with Crippen molar-refractivity contribution in [3.63, 3.8) is 0 Å². The SMILES string of the molecule is O=C(NCc1ccc(C(=O)c2ccccc2)s1)Nc1cccc(Cl)c1. The third-order valence-corrected chi connectivity index (χ3v) is 4.75. The maximum atomic E-state index is 12.4. The Morgan fingerprint density at radius 3 is 2.52 bits per heavy atom. The molecule has 2 aromatic carbocycles. The summed E-state index contributed by atoms with van der Waals surface area (Å²) in [5.74, 6) is -0.0137. The lowest BCUT2D eigenvalue weighted by molar-refractivity contribution is 0.104. The molecule has 0 spiro atoms. The topological polar surface area (TPSA) is 58.2 Å². The van der Waals surface area contributed by atoms with Crippen LogP contribution in [0.25, 0.3) is 0 Å². The summed E-state index contributed by atoms with van der Waals surface area (Å²) >= 11 is 7.26. The van der Waals surface area contributed by atoms with Gasteiger partial charge in [-0.25, -0.2) is 4.79 Å². The Balaban J connectivity index is 1.56. The van der Waals surface area contributed by atoms with E-state index in [0.717, 1.165) is 4.88 Å². The molecular formula is C19H15ClN2O2S. The van der Waals surface area contributed by atoms with Crippen molar-refractivity contribution in [2.75, 3.05) is 5.32 Å². The van der Waals surface area contributed by atoms with Gasteiger partial charge in [-0.3, -0.25) is 4.79 Å². The Morgan fingerprint density at radius 1 is 0.960 bits per heavy atom. The Kier molecular flexibility index (Phi) is 5.48. The van der Waals surface area contributed by atoms with Crippen LogP contribution in [0.15, 0.2) is 66.7 Å². The standard InChI is InChI=1S/C19H15ClN2O2S/c20-14-7-4-8-15(11-14)22-19(24)21-12-16-9-10-17(25-16)18(23)13-5-2-1-3-6-13/h1-11H,12H2,(H2,21,22,24). The minimum Gasteiger partial charge on any atom is -0.333 e. The number of benzene rings is 2. The zero-order valence-corrected chi connectivity index (χ0v) is 14.7. The number of halogens is 1. The number of urea groups is 1. The van der Waals surface area contributed by atoms with Crippen LogP contribution in [0.1, 0.15) is 20.1 Å². The van der Waals surface area contributed by atoms with E-state index in [9.17, 15) is 9.59 Å². The van der Waals surface area contributed by atoms with Crippen LogP contribution in [-0.4, -0.2) is 11.8 Å². The van der Waals surface area contributed by atoms with Gasteiger partial charge in [-0.05, 0) is 30.3 Å². The van der Waals surface area contributed by atoms with Crippen molar-refractivity contribution < 1.29 is 9.59 Å². The summed E-state index contributed by atoms with van der Waals surface area (Å²) in [5.41, 5.74) is 1.28. The number of hydrogen-bond donors (Lipinski definition) is 2. The van der Waals surface area contributed by atoms with E-state index in [2.05, 4.69) is 10.6 Å². The molecule has 126 valence electrons. The molecule has 0 saturated carbocycles. The smallest absolute Gasteiger partial charge is 0.319 e. The van der Waals surface area contributed by atoms with Gasteiger partial charge in [0.2, 0.25) is 5.78 Å². The van der Waals surface area contributed by atoms with E-state index in [1.165, 1.54) is 11.3 Å². The second-order valence-corrected chi connectivity index (χ2v) is 6.88. The van der Waals surface area contributed by atoms with E-state index < -0.39 is 0 Å². The summed E-state index contributed by atoms with van der Waals surface area (Å²) in [7, 11) is 0. The molecule has 3 rings (SSSR count). The summed E-state index contributed by atoms with van der Waals surface area (Å²) in [6, 6.07) is 19.4. The van der Waals surface area contributed by atoms with E-state index in [1.807, 2.05) is 24.3 Å². The fraction of sp³-hybridized carbons (Fsp3) is 0.0526. The monoisotopic (exact) mass is 370 g/mol. The maximum Gasteiger partial charge on any atom is 0.319 e. The molecule has 0 atom stereocenters. The molecule has 0 radical (unpaired) electrons. The molecule has 0 bridgehead atoms. The number of hydrogen-bond acceptors (Lipinski definition) is 3. The third kappa shape index (κ3) is 4.68. The lowest BCUT2D eigenvalue weighted by Gasteiger charge is -2.06. The molecule has 0 unspecified atom stereocenters. The second kappa shape index (κ2) is 7.96. The molecular weight excluding hydrogens is 356 g/mol. The molecule has 25 heavy (non-hydrogen) atoms. The number of carbonyl (C=O) groups is 2. The molecule has 3 aromatic rings. The van der Waals surface area contributed by atoms with Gasteiger partial charge in [0.25, 0.3) is 0 Å². The van der Waals surface area contributed by atoms with Crippen LogP contribution in [0.2, 0.25) is 5.02 Å². The minimum atomic E-state index is -0.327. The van der Waals surface area contributed by atoms with Gasteiger partial charge in [0.05, 0.1) is 11.4 Å². The fourth-order valence-electron chi connectivity index (χ4n) is 2.24. The molecule has 2 amide bonds. The quantitative estimate of drug-likeness (QED) is 0.624. The Bertz CT molecular complexity index is 893. The van der Waals surface area contributed by atoms with E-state index in [0.29, 0.717) is 27.7 Å². The first-order chi connectivity index (χ1) is 12.1. The van der Waals surface area contributed by atoms with Crippen molar-refractivity contribution in [1.29, 1.82) is 0 Å². The molecule has 0 aliphatic rings. The number of rotatable bonds is 5. The van der Waals surface area contributed by atoms with Gasteiger partial charge in [0.15, 0.2) is 0 Å². The van der Waals surface area contributed by atoms with Crippen molar-refractivity contribution in [3.05, 3.63) is 87.1 Å². The van der Waals surface area contributed by atoms with E-state index >= 15 is 0 Å². The lowest BCUT2D eigenvalue weighted by Crippen LogP contribution is -2.27. The highest BCUT2D eigenvalue weighted by Crippen LogP contribution is 2.20. The van der Waals surface area contributed by atoms with Gasteiger partial charge in [0, 0.05) is 21.2 Å². The molecule has 0 fully saturated rings. The van der Waals surface area contributed by atoms with Gasteiger partial charge in [-0.2, -0.15) is 0 Å². The fourth-order valence-corrected chi connectivity index (χ4v) is 3.34. The summed E-state index contributed by atoms with van der Waals surface area (Å²) in [6.07, 6.45) is 0. The lowest BCUT2D eigenvalue weighted by atomic mass is 10.1. The summed E-state index contributed by atoms with van der Waals surface area (Å²) in [6.45, 7) is 0.346. The number of amides is 2. The van der Waals surface area contributed by atoms with Crippen LogP contribution >= 0.6 is 22.9 Å². The molecule has 6 heteroatoms. The van der Waals surface area contributed by atoms with Crippen molar-refractivity contribution >= 4 is 40.4 Å². The predicted octanol–water partition coefficient (Wildman–Crippen LogP) is 4.95. The normalized spacial score (nSPS) is 10.3. The number of carbonyl (C=O) groups excluding carboxylic acids is 2. The van der Waals surface area contributed by atoms with Crippen LogP contribution in [0, 0.1) is 0 Å². The van der Waals surface area contributed by atoms with Crippen molar-refractivity contribution in [3.8, 4) is 0 Å². The average Bonchev–Trinajstić information content (AvgIpc) is 3.09. The second-order valence-electron chi connectivity index (χ2n) is 5.28. The first-order valence-corrected chi connectivity index (χ1v) is 8.80. The summed E-state index contributed by atoms with van der Waals surface area (Å²) in [5, 5.41) is 6.03. The van der Waals surface area contributed by atoms with Gasteiger partial charge in [-0.1, -0.05) is 48.0 Å². The van der Waals surface area contributed by atoms with E-state index in [4.69, 9.17) is 11.6 Å². The van der Waals surface area contributed by atoms with Crippen LogP contribution in [0.3, 0.4) is 0 Å². The highest BCUT2D eigenvalue weighted by molar-refractivity contribution is 7.14. The molecule has 0 aliphatic carbocycles. The van der Waals surface area contributed by atoms with Crippen molar-refractivity contribution in [2.24, 2.45) is 0 Å². The molecule has 4 nitrogen and oxygen atoms in total. The van der Waals surface area contributed by atoms with E-state index in [-0.39, 0.29) is 11.8 Å². The molecule has 1 heterocycles. The first kappa shape index (κ1) is 17.2. The highest BCUT2D eigenvalue weighted by atomic mass is 35.5. The number of nitrogens with one attached hydrogen (secondary N) is 2. The van der Waals surface area contributed by atoms with Crippen molar-refractivity contribution in [1.82, 2.24) is 5.32 Å². The minimum absolute atomic E-state index is 0.0137. The van der Waals surface area contributed by atoms with E-state index in [1.54, 1.807) is 42.5 Å². The predicted molar refractivity (Wildman–Crippen MR) is 102 cm³/mol. The molecule has 0 saturated heterocycles. The Morgan fingerprint density at radius 2 is 1.76 bits per heavy atom. The number of anilines is 1. The molecule has 0 aliphatic heterocycles. The van der Waals surface area contributed by atoms with Crippen LogP contribution < -0.4 is 10.6 Å². The highest BCUT2D eigenvalue weighted by Gasteiger charge is 2.12. The third-order valence-electron chi connectivity index (χ3n) is 3.43. The first-order valence-electron chi connectivity index (χ1n) is 7.61. The van der Waals surface area contributed by atoms with Crippen molar-refractivity contribution in [2.45, 2.75) is 6.54 Å². The van der Waals surface area contributed by atoms with Gasteiger partial charge >= 0.3 is 6.03 Å². The molecule has 2 N–H and O–H groups in total. The number of thiophene rings is 1. The van der Waals surface area contributed by atoms with Crippen LogP contribution in [0.5, 0.6) is 0 Å². The maximum absolute atomic E-state index is 12.4. The summed E-state index contributed by atoms with van der Waals surface area (Å²) in [4.78, 5) is 25.9. The zero-order chi connectivity index (χ0) is 17.6. The van der Waals surface area contributed by atoms with Gasteiger partial charge < -0.3 is 10.6 Å². The Hall–Kier alpha value is -2.63. The van der Waals surface area contributed by atoms with Gasteiger partial charge in [-0.15, -0.1) is 11.3 Å². The zero-order valence-electron chi connectivity index (χ0n) is 13.2. The average molecular weight is 371 g/mol. The Labute approximate surface area is 154 Å². The largest absolute Gasteiger partial charge is 0.333 e. The number of ketones is 1.